The molecule has 1 N–H and O–H groups in total. The van der Waals surface area contributed by atoms with E-state index < -0.39 is 23.4 Å². The minimum absolute atomic E-state index is 0.115. The number of amides is 1. The SMILES string of the molecule is CCCCCCc1ccc(CCCCC(NC(C)=O)(C(=O)OCC)C(=O)OCC)cc1. The van der Waals surface area contributed by atoms with E-state index in [1.54, 1.807) is 13.8 Å². The number of unbranched alkanes of at least 4 members (excludes halogenated alkanes) is 4. The van der Waals surface area contributed by atoms with E-state index in [1.165, 1.54) is 43.7 Å². The van der Waals surface area contributed by atoms with E-state index in [0.717, 1.165) is 19.3 Å². The number of aryl methyl sites for hydroxylation is 2. The molecule has 0 aliphatic rings. The van der Waals surface area contributed by atoms with Crippen LogP contribution in [0.5, 0.6) is 0 Å². The van der Waals surface area contributed by atoms with Crippen LogP contribution in [-0.2, 0) is 36.7 Å². The number of carbonyl (C=O) groups is 3. The Hall–Kier alpha value is -2.37. The average molecular weight is 434 g/mol. The predicted molar refractivity (Wildman–Crippen MR) is 122 cm³/mol. The van der Waals surface area contributed by atoms with Crippen molar-refractivity contribution in [2.24, 2.45) is 0 Å². The molecule has 0 atom stereocenters. The third-order valence-electron chi connectivity index (χ3n) is 5.25. The lowest BCUT2D eigenvalue weighted by atomic mass is 9.91. The lowest BCUT2D eigenvalue weighted by Crippen LogP contribution is -2.61. The highest BCUT2D eigenvalue weighted by Crippen LogP contribution is 2.21. The van der Waals surface area contributed by atoms with Gasteiger partial charge in [0.2, 0.25) is 11.4 Å². The summed E-state index contributed by atoms with van der Waals surface area (Å²) >= 11 is 0. The van der Waals surface area contributed by atoms with Gasteiger partial charge in [-0.1, -0.05) is 50.5 Å². The molecule has 0 aliphatic carbocycles. The molecule has 1 amide bonds. The van der Waals surface area contributed by atoms with Gasteiger partial charge in [0.25, 0.3) is 0 Å². The van der Waals surface area contributed by atoms with Crippen LogP contribution >= 0.6 is 0 Å². The Balaban J connectivity index is 2.68. The maximum absolute atomic E-state index is 12.6. The summed E-state index contributed by atoms with van der Waals surface area (Å²) in [6.45, 7) is 7.05. The molecule has 0 aromatic heterocycles. The molecule has 0 saturated heterocycles. The number of ether oxygens (including phenoxy) is 2. The second-order valence-corrected chi connectivity index (χ2v) is 7.86. The summed E-state index contributed by atoms with van der Waals surface area (Å²) in [6.07, 6.45) is 8.45. The number of carbonyl (C=O) groups excluding carboxylic acids is 3. The lowest BCUT2D eigenvalue weighted by Gasteiger charge is -2.29. The normalized spacial score (nSPS) is 11.1. The van der Waals surface area contributed by atoms with Crippen molar-refractivity contribution in [2.75, 3.05) is 13.2 Å². The smallest absolute Gasteiger partial charge is 0.343 e. The fourth-order valence-electron chi connectivity index (χ4n) is 3.61. The lowest BCUT2D eigenvalue weighted by molar-refractivity contribution is -0.168. The molecular weight excluding hydrogens is 394 g/mol. The van der Waals surface area contributed by atoms with Gasteiger partial charge in [0.1, 0.15) is 0 Å². The van der Waals surface area contributed by atoms with Crippen LogP contribution in [0, 0.1) is 0 Å². The first kappa shape index (κ1) is 26.7. The highest BCUT2D eigenvalue weighted by molar-refractivity contribution is 6.07. The number of benzene rings is 1. The zero-order valence-corrected chi connectivity index (χ0v) is 19.6. The summed E-state index contributed by atoms with van der Waals surface area (Å²) < 4.78 is 10.2. The van der Waals surface area contributed by atoms with Gasteiger partial charge in [-0.3, -0.25) is 4.79 Å². The monoisotopic (exact) mass is 433 g/mol. The Morgan fingerprint density at radius 2 is 1.26 bits per heavy atom. The standard InChI is InChI=1S/C25H39NO5/c1-5-8-9-10-13-21-15-17-22(18-16-21)14-11-12-19-25(26-20(4)27,23(28)30-6-2)24(29)31-7-3/h15-18H,5-14,19H2,1-4H3,(H,26,27). The summed E-state index contributed by atoms with van der Waals surface area (Å²) in [7, 11) is 0. The fourth-order valence-corrected chi connectivity index (χ4v) is 3.61. The number of rotatable bonds is 15. The molecule has 31 heavy (non-hydrogen) atoms. The third kappa shape index (κ3) is 9.11. The number of hydrogen-bond acceptors (Lipinski definition) is 5. The van der Waals surface area contributed by atoms with Crippen LogP contribution in [0.3, 0.4) is 0 Å². The maximum atomic E-state index is 12.6. The maximum Gasteiger partial charge on any atom is 0.343 e. The molecular formula is C25H39NO5. The van der Waals surface area contributed by atoms with Gasteiger partial charge in [0.05, 0.1) is 13.2 Å². The molecule has 0 aliphatic heterocycles. The van der Waals surface area contributed by atoms with Gasteiger partial charge in [0.15, 0.2) is 0 Å². The molecule has 1 aromatic rings. The first-order valence-corrected chi connectivity index (χ1v) is 11.6. The highest BCUT2D eigenvalue weighted by Gasteiger charge is 2.49. The van der Waals surface area contributed by atoms with Crippen molar-refractivity contribution in [3.8, 4) is 0 Å². The minimum Gasteiger partial charge on any atom is -0.464 e. The van der Waals surface area contributed by atoms with Crippen LogP contribution < -0.4 is 5.32 Å². The van der Waals surface area contributed by atoms with Crippen LogP contribution in [0.1, 0.15) is 83.8 Å². The van der Waals surface area contributed by atoms with Crippen molar-refractivity contribution in [3.05, 3.63) is 35.4 Å². The molecule has 0 spiro atoms. The van der Waals surface area contributed by atoms with Crippen LogP contribution in [-0.4, -0.2) is 36.6 Å². The second kappa shape index (κ2) is 14.6. The van der Waals surface area contributed by atoms with Gasteiger partial charge in [-0.05, 0) is 63.5 Å². The molecule has 0 saturated carbocycles. The molecule has 1 aromatic carbocycles. The average Bonchev–Trinajstić information content (AvgIpc) is 2.74. The van der Waals surface area contributed by atoms with Crippen LogP contribution in [0.4, 0.5) is 0 Å². The van der Waals surface area contributed by atoms with Crippen molar-refractivity contribution in [1.82, 2.24) is 5.32 Å². The van der Waals surface area contributed by atoms with E-state index in [4.69, 9.17) is 9.47 Å². The molecule has 0 fully saturated rings. The number of esters is 2. The van der Waals surface area contributed by atoms with Crippen molar-refractivity contribution >= 4 is 17.8 Å². The molecule has 0 unspecified atom stereocenters. The number of hydrogen-bond donors (Lipinski definition) is 1. The van der Waals surface area contributed by atoms with E-state index in [-0.39, 0.29) is 19.6 Å². The van der Waals surface area contributed by atoms with E-state index in [9.17, 15) is 14.4 Å². The first-order chi connectivity index (χ1) is 14.9. The largest absolute Gasteiger partial charge is 0.464 e. The van der Waals surface area contributed by atoms with Gasteiger partial charge in [0, 0.05) is 6.92 Å². The third-order valence-corrected chi connectivity index (χ3v) is 5.25. The predicted octanol–water partition coefficient (Wildman–Crippen LogP) is 4.52. The Bertz CT molecular complexity index is 666. The van der Waals surface area contributed by atoms with Crippen molar-refractivity contribution < 1.29 is 23.9 Å². The van der Waals surface area contributed by atoms with Crippen molar-refractivity contribution in [3.63, 3.8) is 0 Å². The van der Waals surface area contributed by atoms with Crippen LogP contribution in [0.2, 0.25) is 0 Å². The Morgan fingerprint density at radius 3 is 1.68 bits per heavy atom. The molecule has 174 valence electrons. The molecule has 0 radical (unpaired) electrons. The first-order valence-electron chi connectivity index (χ1n) is 11.6. The van der Waals surface area contributed by atoms with E-state index in [2.05, 4.69) is 36.5 Å². The van der Waals surface area contributed by atoms with Gasteiger partial charge < -0.3 is 14.8 Å². The number of nitrogens with one attached hydrogen (secondary N) is 1. The van der Waals surface area contributed by atoms with Gasteiger partial charge in [-0.15, -0.1) is 0 Å². The summed E-state index contributed by atoms with van der Waals surface area (Å²) in [5.41, 5.74) is 0.782. The summed E-state index contributed by atoms with van der Waals surface area (Å²) in [4.78, 5) is 37.0. The van der Waals surface area contributed by atoms with Crippen molar-refractivity contribution in [2.45, 2.75) is 91.0 Å². The Kier molecular flexibility index (Phi) is 12.6. The summed E-state index contributed by atoms with van der Waals surface area (Å²) in [5.74, 6) is -2.01. The second-order valence-electron chi connectivity index (χ2n) is 7.86. The molecule has 1 rings (SSSR count). The quantitative estimate of drug-likeness (QED) is 0.250. The Morgan fingerprint density at radius 1 is 0.774 bits per heavy atom. The van der Waals surface area contributed by atoms with E-state index in [1.807, 2.05) is 0 Å². The zero-order valence-electron chi connectivity index (χ0n) is 19.6. The van der Waals surface area contributed by atoms with Crippen LogP contribution in [0.15, 0.2) is 24.3 Å². The van der Waals surface area contributed by atoms with E-state index in [0.29, 0.717) is 6.42 Å². The van der Waals surface area contributed by atoms with Gasteiger partial charge in [-0.25, -0.2) is 9.59 Å². The molecule has 6 heteroatoms. The summed E-state index contributed by atoms with van der Waals surface area (Å²) in [6, 6.07) is 8.65. The highest BCUT2D eigenvalue weighted by atomic mass is 16.6. The van der Waals surface area contributed by atoms with Gasteiger partial charge in [-0.2, -0.15) is 0 Å². The molecule has 0 heterocycles. The van der Waals surface area contributed by atoms with Crippen molar-refractivity contribution in [1.29, 1.82) is 0 Å². The Labute approximate surface area is 187 Å². The minimum atomic E-state index is -1.79. The topological polar surface area (TPSA) is 81.7 Å². The van der Waals surface area contributed by atoms with Gasteiger partial charge >= 0.3 is 11.9 Å². The zero-order chi connectivity index (χ0) is 23.1. The fraction of sp³-hybridized carbons (Fsp3) is 0.640. The molecule has 6 nitrogen and oxygen atoms in total. The van der Waals surface area contributed by atoms with E-state index >= 15 is 0 Å². The summed E-state index contributed by atoms with van der Waals surface area (Å²) in [5, 5.41) is 2.51. The molecule has 0 bridgehead atoms. The van der Waals surface area contributed by atoms with Crippen LogP contribution in [0.25, 0.3) is 0 Å².